The van der Waals surface area contributed by atoms with E-state index in [0.717, 1.165) is 16.7 Å². The maximum Gasteiger partial charge on any atom is 0.192 e. The van der Waals surface area contributed by atoms with Crippen LogP contribution < -0.4 is 5.32 Å². The van der Waals surface area contributed by atoms with Gasteiger partial charge in [0, 0.05) is 19.5 Å². The summed E-state index contributed by atoms with van der Waals surface area (Å²) >= 11 is 0. The van der Waals surface area contributed by atoms with Crippen molar-refractivity contribution in [2.75, 3.05) is 5.32 Å². The van der Waals surface area contributed by atoms with Gasteiger partial charge in [0.25, 0.3) is 0 Å². The largest absolute Gasteiger partial charge is 0.441 e. The summed E-state index contributed by atoms with van der Waals surface area (Å²) < 4.78 is 5.49. The molecule has 0 unspecified atom stereocenters. The lowest BCUT2D eigenvalue weighted by molar-refractivity contribution is 0.561. The molecule has 0 aliphatic heterocycles. The van der Waals surface area contributed by atoms with E-state index in [1.807, 2.05) is 31.2 Å². The average molecular weight is 265 g/mol. The van der Waals surface area contributed by atoms with Crippen LogP contribution in [0.25, 0.3) is 11.1 Å². The molecule has 0 aliphatic rings. The van der Waals surface area contributed by atoms with Gasteiger partial charge in [-0.15, -0.1) is 0 Å². The Bertz CT molecular complexity index is 803. The number of hydrogen-bond donors (Lipinski definition) is 1. The molecule has 3 rings (SSSR count). The number of nitriles is 1. The van der Waals surface area contributed by atoms with Crippen LogP contribution in [0.3, 0.4) is 0 Å². The minimum Gasteiger partial charge on any atom is -0.441 e. The SMILES string of the molecule is Cc1nc2ccc(CNc3cc(C#N)ncn3)cc2o1. The van der Waals surface area contributed by atoms with Gasteiger partial charge in [0.15, 0.2) is 11.5 Å². The summed E-state index contributed by atoms with van der Waals surface area (Å²) in [4.78, 5) is 12.1. The van der Waals surface area contributed by atoms with Gasteiger partial charge in [0.05, 0.1) is 0 Å². The predicted octanol–water partition coefficient (Wildman–Crippen LogP) is 2.41. The van der Waals surface area contributed by atoms with Gasteiger partial charge in [-0.1, -0.05) is 6.07 Å². The molecule has 20 heavy (non-hydrogen) atoms. The summed E-state index contributed by atoms with van der Waals surface area (Å²) in [6, 6.07) is 9.42. The van der Waals surface area contributed by atoms with E-state index in [9.17, 15) is 0 Å². The molecular formula is C14H11N5O. The van der Waals surface area contributed by atoms with E-state index in [0.29, 0.717) is 23.9 Å². The Balaban J connectivity index is 1.77. The minimum absolute atomic E-state index is 0.337. The number of oxazole rings is 1. The topological polar surface area (TPSA) is 87.6 Å². The van der Waals surface area contributed by atoms with Gasteiger partial charge >= 0.3 is 0 Å². The maximum atomic E-state index is 8.78. The lowest BCUT2D eigenvalue weighted by atomic mass is 10.2. The van der Waals surface area contributed by atoms with Crippen molar-refractivity contribution in [1.82, 2.24) is 15.0 Å². The lowest BCUT2D eigenvalue weighted by Gasteiger charge is -2.05. The number of aryl methyl sites for hydroxylation is 1. The number of hydrogen-bond acceptors (Lipinski definition) is 6. The van der Waals surface area contributed by atoms with Gasteiger partial charge in [0.1, 0.15) is 29.4 Å². The van der Waals surface area contributed by atoms with Crippen LogP contribution in [0.5, 0.6) is 0 Å². The standard InChI is InChI=1S/C14H11N5O/c1-9-19-12-3-2-10(4-13(12)20-9)7-16-14-5-11(6-15)17-8-18-14/h2-5,8H,7H2,1H3,(H,16,17,18). The first kappa shape index (κ1) is 12.1. The Kier molecular flexibility index (Phi) is 3.01. The smallest absolute Gasteiger partial charge is 0.192 e. The highest BCUT2D eigenvalue weighted by Crippen LogP contribution is 2.17. The van der Waals surface area contributed by atoms with Crippen molar-refractivity contribution in [3.8, 4) is 6.07 Å². The van der Waals surface area contributed by atoms with E-state index in [1.165, 1.54) is 6.33 Å². The zero-order valence-corrected chi connectivity index (χ0v) is 10.8. The predicted molar refractivity (Wildman–Crippen MR) is 72.8 cm³/mol. The van der Waals surface area contributed by atoms with Crippen molar-refractivity contribution in [3.05, 3.63) is 47.7 Å². The van der Waals surface area contributed by atoms with Gasteiger partial charge in [-0.05, 0) is 17.7 Å². The highest BCUT2D eigenvalue weighted by molar-refractivity contribution is 5.73. The number of nitrogens with one attached hydrogen (secondary N) is 1. The number of benzene rings is 1. The maximum absolute atomic E-state index is 8.78. The van der Waals surface area contributed by atoms with Crippen LogP contribution in [0.2, 0.25) is 0 Å². The molecule has 0 saturated carbocycles. The van der Waals surface area contributed by atoms with Crippen molar-refractivity contribution >= 4 is 16.9 Å². The fourth-order valence-electron chi connectivity index (χ4n) is 1.90. The highest BCUT2D eigenvalue weighted by Gasteiger charge is 2.04. The van der Waals surface area contributed by atoms with E-state index in [4.69, 9.17) is 9.68 Å². The first-order chi connectivity index (χ1) is 9.74. The molecule has 1 N–H and O–H groups in total. The molecule has 0 amide bonds. The van der Waals surface area contributed by atoms with Gasteiger partial charge < -0.3 is 9.73 Å². The molecule has 0 radical (unpaired) electrons. The minimum atomic E-state index is 0.337. The van der Waals surface area contributed by atoms with Crippen LogP contribution in [0, 0.1) is 18.3 Å². The van der Waals surface area contributed by atoms with E-state index >= 15 is 0 Å². The summed E-state index contributed by atoms with van der Waals surface area (Å²) in [6.07, 6.45) is 1.36. The third-order valence-corrected chi connectivity index (χ3v) is 2.82. The van der Waals surface area contributed by atoms with Crippen molar-refractivity contribution < 1.29 is 4.42 Å². The van der Waals surface area contributed by atoms with E-state index < -0.39 is 0 Å². The van der Waals surface area contributed by atoms with Crippen molar-refractivity contribution in [2.45, 2.75) is 13.5 Å². The van der Waals surface area contributed by atoms with Crippen LogP contribution in [-0.2, 0) is 6.54 Å². The first-order valence-electron chi connectivity index (χ1n) is 6.07. The molecule has 1 aromatic carbocycles. The first-order valence-corrected chi connectivity index (χ1v) is 6.07. The summed E-state index contributed by atoms with van der Waals surface area (Å²) in [6.45, 7) is 2.40. The summed E-state index contributed by atoms with van der Waals surface area (Å²) in [5.74, 6) is 1.27. The number of rotatable bonds is 3. The summed E-state index contributed by atoms with van der Waals surface area (Å²) in [5, 5.41) is 11.9. The second-order valence-corrected chi connectivity index (χ2v) is 4.29. The summed E-state index contributed by atoms with van der Waals surface area (Å²) in [7, 11) is 0. The molecule has 2 aromatic heterocycles. The van der Waals surface area contributed by atoms with Gasteiger partial charge in [-0.25, -0.2) is 15.0 Å². The van der Waals surface area contributed by atoms with Crippen LogP contribution in [0.1, 0.15) is 17.1 Å². The van der Waals surface area contributed by atoms with E-state index in [1.54, 1.807) is 6.07 Å². The molecule has 0 fully saturated rings. The van der Waals surface area contributed by atoms with Gasteiger partial charge in [0.2, 0.25) is 0 Å². The van der Waals surface area contributed by atoms with Crippen LogP contribution >= 0.6 is 0 Å². The fraction of sp³-hybridized carbons (Fsp3) is 0.143. The Morgan fingerprint density at radius 2 is 2.20 bits per heavy atom. The lowest BCUT2D eigenvalue weighted by Crippen LogP contribution is -2.02. The number of nitrogens with zero attached hydrogens (tertiary/aromatic N) is 4. The highest BCUT2D eigenvalue weighted by atomic mass is 16.3. The Morgan fingerprint density at radius 3 is 3.05 bits per heavy atom. The third kappa shape index (κ3) is 2.42. The van der Waals surface area contributed by atoms with Crippen molar-refractivity contribution in [2.24, 2.45) is 0 Å². The average Bonchev–Trinajstić information content (AvgIpc) is 2.84. The van der Waals surface area contributed by atoms with E-state index in [2.05, 4.69) is 20.3 Å². The number of fused-ring (bicyclic) bond motifs is 1. The molecule has 3 aromatic rings. The summed E-state index contributed by atoms with van der Waals surface area (Å²) in [5.41, 5.74) is 3.00. The van der Waals surface area contributed by atoms with Crippen molar-refractivity contribution in [1.29, 1.82) is 5.26 Å². The monoisotopic (exact) mass is 265 g/mol. The molecule has 6 heteroatoms. The molecule has 0 saturated heterocycles. The Hall–Kier alpha value is -2.94. The second kappa shape index (κ2) is 4.97. The molecule has 2 heterocycles. The fourth-order valence-corrected chi connectivity index (χ4v) is 1.90. The second-order valence-electron chi connectivity index (χ2n) is 4.29. The van der Waals surface area contributed by atoms with Crippen LogP contribution in [-0.4, -0.2) is 15.0 Å². The Labute approximate surface area is 115 Å². The van der Waals surface area contributed by atoms with E-state index in [-0.39, 0.29) is 0 Å². The van der Waals surface area contributed by atoms with Crippen LogP contribution in [0.15, 0.2) is 35.0 Å². The zero-order valence-electron chi connectivity index (χ0n) is 10.8. The van der Waals surface area contributed by atoms with Gasteiger partial charge in [-0.2, -0.15) is 5.26 Å². The molecule has 0 atom stereocenters. The zero-order chi connectivity index (χ0) is 13.9. The Morgan fingerprint density at radius 1 is 1.30 bits per heavy atom. The molecule has 98 valence electrons. The number of aromatic nitrogens is 3. The molecule has 0 spiro atoms. The quantitative estimate of drug-likeness (QED) is 0.782. The number of anilines is 1. The molecular weight excluding hydrogens is 254 g/mol. The molecule has 0 aliphatic carbocycles. The molecule has 6 nitrogen and oxygen atoms in total. The van der Waals surface area contributed by atoms with Crippen molar-refractivity contribution in [3.63, 3.8) is 0 Å². The van der Waals surface area contributed by atoms with Gasteiger partial charge in [-0.3, -0.25) is 0 Å². The molecule has 0 bridgehead atoms. The third-order valence-electron chi connectivity index (χ3n) is 2.82. The van der Waals surface area contributed by atoms with Crippen LogP contribution in [0.4, 0.5) is 5.82 Å². The normalized spacial score (nSPS) is 10.4.